The van der Waals surface area contributed by atoms with Crippen LogP contribution in [0.3, 0.4) is 0 Å². The van der Waals surface area contributed by atoms with Crippen LogP contribution < -0.4 is 10.1 Å². The molecule has 0 fully saturated rings. The number of carbonyl (C=O) groups is 1. The van der Waals surface area contributed by atoms with Crippen LogP contribution in [0.5, 0.6) is 5.75 Å². The van der Waals surface area contributed by atoms with Gasteiger partial charge in [0.05, 0.1) is 0 Å². The van der Waals surface area contributed by atoms with Crippen molar-refractivity contribution in [3.63, 3.8) is 0 Å². The second-order valence-electron chi connectivity index (χ2n) is 3.89. The van der Waals surface area contributed by atoms with Gasteiger partial charge in [0.15, 0.2) is 0 Å². The van der Waals surface area contributed by atoms with Crippen LogP contribution in [0.4, 0.5) is 18.9 Å². The minimum Gasteiger partial charge on any atom is -0.406 e. The van der Waals surface area contributed by atoms with Crippen molar-refractivity contribution >= 4 is 23.2 Å². The van der Waals surface area contributed by atoms with Gasteiger partial charge in [-0.05, 0) is 24.3 Å². The molecule has 0 aliphatic heterocycles. The second-order valence-corrected chi connectivity index (χ2v) is 4.33. The van der Waals surface area contributed by atoms with Crippen LogP contribution in [0.1, 0.15) is 10.5 Å². The van der Waals surface area contributed by atoms with Crippen LogP contribution in [0.25, 0.3) is 0 Å². The summed E-state index contributed by atoms with van der Waals surface area (Å²) in [6.45, 7) is 0. The van der Waals surface area contributed by atoms with Crippen molar-refractivity contribution in [3.8, 4) is 5.75 Å². The SMILES string of the molecule is O=C(Nc1cccc(OC(F)(F)F)c1)c1cc(Cl)ccn1. The first kappa shape index (κ1) is 15.1. The van der Waals surface area contributed by atoms with E-state index in [-0.39, 0.29) is 11.4 Å². The van der Waals surface area contributed by atoms with Gasteiger partial charge in [-0.2, -0.15) is 0 Å². The molecule has 0 atom stereocenters. The van der Waals surface area contributed by atoms with Crippen molar-refractivity contribution in [2.75, 3.05) is 5.32 Å². The van der Waals surface area contributed by atoms with Gasteiger partial charge in [-0.1, -0.05) is 17.7 Å². The largest absolute Gasteiger partial charge is 0.573 e. The van der Waals surface area contributed by atoms with Gasteiger partial charge < -0.3 is 10.1 Å². The van der Waals surface area contributed by atoms with E-state index in [0.29, 0.717) is 5.02 Å². The van der Waals surface area contributed by atoms with E-state index in [0.717, 1.165) is 12.1 Å². The lowest BCUT2D eigenvalue weighted by atomic mass is 10.2. The minimum absolute atomic E-state index is 0.0460. The van der Waals surface area contributed by atoms with Crippen molar-refractivity contribution in [1.82, 2.24) is 4.98 Å². The van der Waals surface area contributed by atoms with Crippen molar-refractivity contribution in [2.45, 2.75) is 6.36 Å². The molecular weight excluding hydrogens is 309 g/mol. The van der Waals surface area contributed by atoms with Crippen LogP contribution in [-0.2, 0) is 0 Å². The van der Waals surface area contributed by atoms with Crippen LogP contribution >= 0.6 is 11.6 Å². The smallest absolute Gasteiger partial charge is 0.406 e. The Bertz CT molecular complexity index is 662. The molecule has 0 spiro atoms. The van der Waals surface area contributed by atoms with Gasteiger partial charge in [0.2, 0.25) is 0 Å². The number of pyridine rings is 1. The van der Waals surface area contributed by atoms with Crippen molar-refractivity contribution in [3.05, 3.63) is 53.3 Å². The third-order valence-corrected chi connectivity index (χ3v) is 2.52. The Morgan fingerprint density at radius 3 is 2.67 bits per heavy atom. The summed E-state index contributed by atoms with van der Waals surface area (Å²) < 4.78 is 40.1. The van der Waals surface area contributed by atoms with Gasteiger partial charge in [0.25, 0.3) is 5.91 Å². The molecule has 0 bridgehead atoms. The summed E-state index contributed by atoms with van der Waals surface area (Å²) >= 11 is 5.72. The number of benzene rings is 1. The van der Waals surface area contributed by atoms with Gasteiger partial charge in [0.1, 0.15) is 11.4 Å². The minimum atomic E-state index is -4.79. The molecule has 1 N–H and O–H groups in total. The normalized spacial score (nSPS) is 11.0. The predicted octanol–water partition coefficient (Wildman–Crippen LogP) is 3.89. The molecule has 1 heterocycles. The van der Waals surface area contributed by atoms with E-state index in [1.165, 1.54) is 30.5 Å². The highest BCUT2D eigenvalue weighted by atomic mass is 35.5. The molecular formula is C13H8ClF3N2O2. The van der Waals surface area contributed by atoms with Gasteiger partial charge in [0, 0.05) is 23.0 Å². The average Bonchev–Trinajstić information content (AvgIpc) is 2.37. The van der Waals surface area contributed by atoms with Crippen LogP contribution in [0, 0.1) is 0 Å². The molecule has 0 unspecified atom stereocenters. The van der Waals surface area contributed by atoms with E-state index in [1.54, 1.807) is 0 Å². The highest BCUT2D eigenvalue weighted by Crippen LogP contribution is 2.25. The molecule has 0 saturated carbocycles. The molecule has 0 aliphatic rings. The zero-order valence-corrected chi connectivity index (χ0v) is 11.1. The topological polar surface area (TPSA) is 51.2 Å². The number of nitrogens with one attached hydrogen (secondary N) is 1. The van der Waals surface area contributed by atoms with Gasteiger partial charge >= 0.3 is 6.36 Å². The maximum Gasteiger partial charge on any atom is 0.573 e. The number of nitrogens with zero attached hydrogens (tertiary/aromatic N) is 1. The number of alkyl halides is 3. The van der Waals surface area contributed by atoms with Crippen molar-refractivity contribution in [2.24, 2.45) is 0 Å². The van der Waals surface area contributed by atoms with Crippen LogP contribution in [0.2, 0.25) is 5.02 Å². The molecule has 21 heavy (non-hydrogen) atoms. The van der Waals surface area contributed by atoms with Gasteiger partial charge in [-0.15, -0.1) is 13.2 Å². The number of hydrogen-bond acceptors (Lipinski definition) is 3. The molecule has 0 saturated heterocycles. The molecule has 0 aliphatic carbocycles. The zero-order valence-electron chi connectivity index (χ0n) is 10.3. The average molecular weight is 317 g/mol. The summed E-state index contributed by atoms with van der Waals surface area (Å²) in [5, 5.41) is 2.73. The molecule has 1 aromatic heterocycles. The summed E-state index contributed by atoms with van der Waals surface area (Å²) in [6.07, 6.45) is -3.45. The van der Waals surface area contributed by atoms with E-state index in [4.69, 9.17) is 11.6 Å². The van der Waals surface area contributed by atoms with E-state index in [9.17, 15) is 18.0 Å². The zero-order chi connectivity index (χ0) is 15.5. The van der Waals surface area contributed by atoms with Gasteiger partial charge in [-0.25, -0.2) is 0 Å². The number of halogens is 4. The Balaban J connectivity index is 2.13. The Morgan fingerprint density at radius 1 is 1.24 bits per heavy atom. The lowest BCUT2D eigenvalue weighted by Gasteiger charge is -2.10. The number of aromatic nitrogens is 1. The maximum absolute atomic E-state index is 12.1. The third-order valence-electron chi connectivity index (χ3n) is 2.28. The number of amides is 1. The summed E-state index contributed by atoms with van der Waals surface area (Å²) in [4.78, 5) is 15.7. The summed E-state index contributed by atoms with van der Waals surface area (Å²) in [5.41, 5.74) is 0.188. The Kier molecular flexibility index (Phi) is 4.32. The lowest BCUT2D eigenvalue weighted by Crippen LogP contribution is -2.17. The highest BCUT2D eigenvalue weighted by molar-refractivity contribution is 6.30. The lowest BCUT2D eigenvalue weighted by molar-refractivity contribution is -0.274. The van der Waals surface area contributed by atoms with E-state index >= 15 is 0 Å². The highest BCUT2D eigenvalue weighted by Gasteiger charge is 2.31. The Morgan fingerprint density at radius 2 is 2.00 bits per heavy atom. The number of anilines is 1. The number of hydrogen-bond donors (Lipinski definition) is 1. The van der Waals surface area contributed by atoms with E-state index < -0.39 is 18.0 Å². The van der Waals surface area contributed by atoms with Crippen LogP contribution in [-0.4, -0.2) is 17.3 Å². The molecule has 1 amide bonds. The molecule has 2 aromatic rings. The van der Waals surface area contributed by atoms with Crippen LogP contribution in [0.15, 0.2) is 42.6 Å². The monoisotopic (exact) mass is 316 g/mol. The molecule has 4 nitrogen and oxygen atoms in total. The summed E-state index contributed by atoms with van der Waals surface area (Å²) in [7, 11) is 0. The standard InChI is InChI=1S/C13H8ClF3N2O2/c14-8-4-5-18-11(6-8)12(20)19-9-2-1-3-10(7-9)21-13(15,16)17/h1-7H,(H,19,20). The molecule has 110 valence electrons. The fraction of sp³-hybridized carbons (Fsp3) is 0.0769. The predicted molar refractivity (Wildman–Crippen MR) is 70.3 cm³/mol. The fourth-order valence-corrected chi connectivity index (χ4v) is 1.65. The maximum atomic E-state index is 12.1. The number of carbonyl (C=O) groups excluding carboxylic acids is 1. The molecule has 8 heteroatoms. The second kappa shape index (κ2) is 6.01. The van der Waals surface area contributed by atoms with Gasteiger partial charge in [-0.3, -0.25) is 9.78 Å². The quantitative estimate of drug-likeness (QED) is 0.934. The Labute approximate surface area is 122 Å². The first-order chi connectivity index (χ1) is 9.83. The molecule has 1 aromatic carbocycles. The molecule has 0 radical (unpaired) electrons. The molecule has 2 rings (SSSR count). The number of ether oxygens (including phenoxy) is 1. The first-order valence-electron chi connectivity index (χ1n) is 5.62. The Hall–Kier alpha value is -2.28. The summed E-state index contributed by atoms with van der Waals surface area (Å²) in [5.74, 6) is -1.03. The van der Waals surface area contributed by atoms with E-state index in [1.807, 2.05) is 0 Å². The van der Waals surface area contributed by atoms with Crippen molar-refractivity contribution in [1.29, 1.82) is 0 Å². The first-order valence-corrected chi connectivity index (χ1v) is 6.00. The fourth-order valence-electron chi connectivity index (χ4n) is 1.50. The third kappa shape index (κ3) is 4.64. The number of rotatable bonds is 3. The van der Waals surface area contributed by atoms with E-state index in [2.05, 4.69) is 15.0 Å². The van der Waals surface area contributed by atoms with Crippen molar-refractivity contribution < 1.29 is 22.7 Å². The summed E-state index contributed by atoms with van der Waals surface area (Å²) in [6, 6.07) is 7.76.